The molecule has 3 rings (SSSR count). The molecular formula is C15H15N5O2. The van der Waals surface area contributed by atoms with Crippen LogP contribution in [0.1, 0.15) is 12.1 Å². The molecule has 0 saturated heterocycles. The van der Waals surface area contributed by atoms with E-state index < -0.39 is 0 Å². The number of pyridine rings is 1. The second kappa shape index (κ2) is 6.21. The van der Waals surface area contributed by atoms with Gasteiger partial charge < -0.3 is 5.32 Å². The van der Waals surface area contributed by atoms with Crippen molar-refractivity contribution in [3.63, 3.8) is 0 Å². The maximum absolute atomic E-state index is 11.1. The van der Waals surface area contributed by atoms with Crippen LogP contribution in [-0.4, -0.2) is 26.6 Å². The highest BCUT2D eigenvalue weighted by molar-refractivity contribution is 5.96. The van der Waals surface area contributed by atoms with Crippen molar-refractivity contribution in [2.75, 3.05) is 11.9 Å². The molecule has 0 aliphatic rings. The number of nitrogens with zero attached hydrogens (tertiary/aromatic N) is 3. The van der Waals surface area contributed by atoms with Gasteiger partial charge in [0, 0.05) is 30.7 Å². The van der Waals surface area contributed by atoms with Gasteiger partial charge in [0.15, 0.2) is 0 Å². The van der Waals surface area contributed by atoms with E-state index in [2.05, 4.69) is 20.5 Å². The highest BCUT2D eigenvalue weighted by Crippen LogP contribution is 2.29. The first-order valence-corrected chi connectivity index (χ1v) is 7.00. The zero-order valence-corrected chi connectivity index (χ0v) is 11.8. The summed E-state index contributed by atoms with van der Waals surface area (Å²) in [5, 5.41) is 21.7. The number of aryl methyl sites for hydroxylation is 1. The van der Waals surface area contributed by atoms with E-state index >= 15 is 0 Å². The van der Waals surface area contributed by atoms with E-state index in [0.29, 0.717) is 10.9 Å². The number of aromatic amines is 1. The number of benzene rings is 1. The van der Waals surface area contributed by atoms with Crippen LogP contribution in [0.2, 0.25) is 0 Å². The highest BCUT2D eigenvalue weighted by atomic mass is 16.6. The molecule has 7 nitrogen and oxygen atoms in total. The molecule has 0 spiro atoms. The minimum Gasteiger partial charge on any atom is -0.383 e. The van der Waals surface area contributed by atoms with Gasteiger partial charge in [-0.05, 0) is 37.1 Å². The Bertz CT molecular complexity index is 786. The first-order valence-electron chi connectivity index (χ1n) is 7.00. The van der Waals surface area contributed by atoms with Gasteiger partial charge in [-0.2, -0.15) is 5.10 Å². The third-order valence-corrected chi connectivity index (χ3v) is 3.44. The Hall–Kier alpha value is -2.96. The molecule has 0 bridgehead atoms. The van der Waals surface area contributed by atoms with E-state index in [0.717, 1.165) is 30.8 Å². The van der Waals surface area contributed by atoms with Crippen LogP contribution in [0.25, 0.3) is 10.9 Å². The number of nitro groups is 1. The topological polar surface area (TPSA) is 96.7 Å². The van der Waals surface area contributed by atoms with Crippen LogP contribution in [0.3, 0.4) is 0 Å². The summed E-state index contributed by atoms with van der Waals surface area (Å²) in [5.74, 6) is 0. The summed E-state index contributed by atoms with van der Waals surface area (Å²) in [4.78, 5) is 15.0. The summed E-state index contributed by atoms with van der Waals surface area (Å²) < 4.78 is 0. The molecule has 2 aromatic heterocycles. The fourth-order valence-electron chi connectivity index (χ4n) is 2.39. The Kier molecular flexibility index (Phi) is 3.95. The van der Waals surface area contributed by atoms with Crippen LogP contribution in [-0.2, 0) is 6.42 Å². The predicted octanol–water partition coefficient (Wildman–Crippen LogP) is 2.91. The number of hydrogen-bond acceptors (Lipinski definition) is 5. The first-order chi connectivity index (χ1) is 10.8. The van der Waals surface area contributed by atoms with Crippen molar-refractivity contribution < 1.29 is 4.92 Å². The van der Waals surface area contributed by atoms with Gasteiger partial charge in [0.25, 0.3) is 5.69 Å². The van der Waals surface area contributed by atoms with Crippen LogP contribution in [0.4, 0.5) is 11.4 Å². The molecule has 0 fully saturated rings. The summed E-state index contributed by atoms with van der Waals surface area (Å²) >= 11 is 0. The number of anilines is 1. The Balaban J connectivity index is 1.74. The zero-order valence-electron chi connectivity index (χ0n) is 11.8. The van der Waals surface area contributed by atoms with Crippen LogP contribution in [0.15, 0.2) is 42.7 Å². The normalized spacial score (nSPS) is 10.7. The summed E-state index contributed by atoms with van der Waals surface area (Å²) in [5.41, 5.74) is 2.60. The molecule has 0 aliphatic carbocycles. The second-order valence-electron chi connectivity index (χ2n) is 4.90. The molecule has 1 aromatic carbocycles. The number of hydrogen-bond donors (Lipinski definition) is 2. The van der Waals surface area contributed by atoms with Crippen molar-refractivity contribution in [2.45, 2.75) is 12.8 Å². The van der Waals surface area contributed by atoms with Crippen LogP contribution in [0, 0.1) is 10.1 Å². The van der Waals surface area contributed by atoms with E-state index in [1.165, 1.54) is 6.07 Å². The standard InChI is InChI=1S/C15H15N5O2/c21-20(22)14-6-5-13(15-12(14)4-2-9-17-15)16-8-1-3-11-7-10-18-19-11/h2,4-7,9-10,16H,1,3,8H2,(H,18,19). The van der Waals surface area contributed by atoms with Crippen LogP contribution >= 0.6 is 0 Å². The zero-order chi connectivity index (χ0) is 15.4. The van der Waals surface area contributed by atoms with Crippen molar-refractivity contribution in [2.24, 2.45) is 0 Å². The Labute approximate surface area is 126 Å². The molecular weight excluding hydrogens is 282 g/mol. The third-order valence-electron chi connectivity index (χ3n) is 3.44. The lowest BCUT2D eigenvalue weighted by molar-refractivity contribution is -0.383. The van der Waals surface area contributed by atoms with Gasteiger partial charge in [-0.3, -0.25) is 20.2 Å². The van der Waals surface area contributed by atoms with E-state index in [9.17, 15) is 10.1 Å². The van der Waals surface area contributed by atoms with Crippen molar-refractivity contribution >= 4 is 22.3 Å². The van der Waals surface area contributed by atoms with Gasteiger partial charge in [-0.25, -0.2) is 0 Å². The first kappa shape index (κ1) is 14.0. The SMILES string of the molecule is O=[N+]([O-])c1ccc(NCCCc2ccn[nH]2)c2ncccc12. The fourth-order valence-corrected chi connectivity index (χ4v) is 2.39. The number of non-ortho nitro benzene ring substituents is 1. The number of nitrogens with one attached hydrogen (secondary N) is 2. The van der Waals surface area contributed by atoms with Crippen LogP contribution < -0.4 is 5.32 Å². The molecule has 2 N–H and O–H groups in total. The molecule has 0 atom stereocenters. The summed E-state index contributed by atoms with van der Waals surface area (Å²) in [7, 11) is 0. The number of aromatic nitrogens is 3. The average Bonchev–Trinajstić information content (AvgIpc) is 3.04. The molecule has 0 aliphatic heterocycles. The van der Waals surface area contributed by atoms with Gasteiger partial charge >= 0.3 is 0 Å². The lowest BCUT2D eigenvalue weighted by Crippen LogP contribution is -2.04. The van der Waals surface area contributed by atoms with Crippen molar-refractivity contribution in [1.29, 1.82) is 0 Å². The van der Waals surface area contributed by atoms with Gasteiger partial charge in [0.1, 0.15) is 5.52 Å². The van der Waals surface area contributed by atoms with E-state index in [-0.39, 0.29) is 10.6 Å². The quantitative estimate of drug-likeness (QED) is 0.414. The maximum Gasteiger partial charge on any atom is 0.278 e. The average molecular weight is 297 g/mol. The summed E-state index contributed by atoms with van der Waals surface area (Å²) in [6.45, 7) is 0.752. The molecule has 112 valence electrons. The molecule has 0 saturated carbocycles. The van der Waals surface area contributed by atoms with Crippen molar-refractivity contribution in [3.8, 4) is 0 Å². The Morgan fingerprint density at radius 2 is 2.14 bits per heavy atom. The number of H-pyrrole nitrogens is 1. The van der Waals surface area contributed by atoms with E-state index in [1.54, 1.807) is 30.6 Å². The molecule has 0 radical (unpaired) electrons. The largest absolute Gasteiger partial charge is 0.383 e. The Morgan fingerprint density at radius 1 is 1.23 bits per heavy atom. The molecule has 2 heterocycles. The molecule has 0 amide bonds. The number of fused-ring (bicyclic) bond motifs is 1. The molecule has 0 unspecified atom stereocenters. The van der Waals surface area contributed by atoms with Gasteiger partial charge in [0.05, 0.1) is 16.0 Å². The van der Waals surface area contributed by atoms with E-state index in [1.807, 2.05) is 6.07 Å². The fraction of sp³-hybridized carbons (Fsp3) is 0.200. The molecule has 7 heteroatoms. The smallest absolute Gasteiger partial charge is 0.278 e. The highest BCUT2D eigenvalue weighted by Gasteiger charge is 2.14. The summed E-state index contributed by atoms with van der Waals surface area (Å²) in [6, 6.07) is 8.60. The minimum absolute atomic E-state index is 0.0751. The van der Waals surface area contributed by atoms with Gasteiger partial charge in [0.2, 0.25) is 0 Å². The monoisotopic (exact) mass is 297 g/mol. The lowest BCUT2D eigenvalue weighted by atomic mass is 10.1. The van der Waals surface area contributed by atoms with Crippen LogP contribution in [0.5, 0.6) is 0 Å². The second-order valence-corrected chi connectivity index (χ2v) is 4.90. The van der Waals surface area contributed by atoms with Gasteiger partial charge in [-0.15, -0.1) is 0 Å². The maximum atomic E-state index is 11.1. The predicted molar refractivity (Wildman–Crippen MR) is 83.8 cm³/mol. The van der Waals surface area contributed by atoms with Crippen molar-refractivity contribution in [1.82, 2.24) is 15.2 Å². The molecule has 22 heavy (non-hydrogen) atoms. The van der Waals surface area contributed by atoms with Crippen molar-refractivity contribution in [3.05, 3.63) is 58.5 Å². The number of rotatable bonds is 6. The number of nitro benzene ring substituents is 1. The Morgan fingerprint density at radius 3 is 2.91 bits per heavy atom. The lowest BCUT2D eigenvalue weighted by Gasteiger charge is -2.09. The van der Waals surface area contributed by atoms with E-state index in [4.69, 9.17) is 0 Å². The third kappa shape index (κ3) is 2.88. The molecule has 3 aromatic rings. The summed E-state index contributed by atoms with van der Waals surface area (Å²) in [6.07, 6.45) is 5.19. The van der Waals surface area contributed by atoms with Gasteiger partial charge in [-0.1, -0.05) is 0 Å². The minimum atomic E-state index is -0.383.